The molecule has 100 valence electrons. The summed E-state index contributed by atoms with van der Waals surface area (Å²) in [5.41, 5.74) is 0.190. The Balaban J connectivity index is 2.01. The van der Waals surface area contributed by atoms with Gasteiger partial charge in [-0.15, -0.1) is 0 Å². The van der Waals surface area contributed by atoms with Gasteiger partial charge in [0.25, 0.3) is 0 Å². The number of benzene rings is 2. The largest absolute Gasteiger partial charge is 0.490 e. The van der Waals surface area contributed by atoms with Crippen molar-refractivity contribution in [1.82, 2.24) is 0 Å². The molecular formula is C14H11F3O2. The van der Waals surface area contributed by atoms with Gasteiger partial charge in [-0.2, -0.15) is 0 Å². The summed E-state index contributed by atoms with van der Waals surface area (Å²) in [5, 5.41) is 9.76. The molecule has 0 bridgehead atoms. The second kappa shape index (κ2) is 5.75. The number of halogens is 3. The number of rotatable bonds is 4. The van der Waals surface area contributed by atoms with E-state index in [4.69, 9.17) is 4.74 Å². The molecule has 0 spiro atoms. The Kier molecular flexibility index (Phi) is 4.06. The fraction of sp³-hybridized carbons (Fsp3) is 0.143. The molecule has 1 atom stereocenters. The van der Waals surface area contributed by atoms with E-state index in [1.165, 1.54) is 24.3 Å². The number of aliphatic hydroxyl groups is 1. The Morgan fingerprint density at radius 3 is 2.47 bits per heavy atom. The van der Waals surface area contributed by atoms with E-state index in [1.807, 2.05) is 0 Å². The van der Waals surface area contributed by atoms with Gasteiger partial charge in [-0.3, -0.25) is 0 Å². The van der Waals surface area contributed by atoms with E-state index in [2.05, 4.69) is 0 Å². The van der Waals surface area contributed by atoms with Gasteiger partial charge in [0.2, 0.25) is 0 Å². The quantitative estimate of drug-likeness (QED) is 0.922. The second-order valence-electron chi connectivity index (χ2n) is 3.96. The van der Waals surface area contributed by atoms with Crippen LogP contribution in [0.15, 0.2) is 42.5 Å². The van der Waals surface area contributed by atoms with Gasteiger partial charge in [-0.1, -0.05) is 12.1 Å². The van der Waals surface area contributed by atoms with Gasteiger partial charge < -0.3 is 9.84 Å². The maximum Gasteiger partial charge on any atom is 0.159 e. The summed E-state index contributed by atoms with van der Waals surface area (Å²) in [6.45, 7) is -0.186. The van der Waals surface area contributed by atoms with Crippen molar-refractivity contribution in [2.45, 2.75) is 6.10 Å². The molecule has 0 fully saturated rings. The summed E-state index contributed by atoms with van der Waals surface area (Å²) in [7, 11) is 0. The van der Waals surface area contributed by atoms with Crippen LogP contribution in [0.1, 0.15) is 11.7 Å². The highest BCUT2D eigenvalue weighted by molar-refractivity contribution is 5.23. The van der Waals surface area contributed by atoms with Crippen LogP contribution in [-0.2, 0) is 0 Å². The third-order valence-corrected chi connectivity index (χ3v) is 2.53. The van der Waals surface area contributed by atoms with Crippen LogP contribution in [0, 0.1) is 17.5 Å². The first-order valence-electron chi connectivity index (χ1n) is 5.57. The Bertz CT molecular complexity index is 572. The average Bonchev–Trinajstić information content (AvgIpc) is 2.39. The zero-order chi connectivity index (χ0) is 13.8. The van der Waals surface area contributed by atoms with Gasteiger partial charge >= 0.3 is 0 Å². The van der Waals surface area contributed by atoms with Crippen LogP contribution in [0.2, 0.25) is 0 Å². The van der Waals surface area contributed by atoms with Gasteiger partial charge in [-0.05, 0) is 29.8 Å². The standard InChI is InChI=1S/C14H11F3O2/c15-10-2-1-3-11(7-10)19-8-14(18)9-4-5-12(16)13(17)6-9/h1-7,14,18H,8H2. The van der Waals surface area contributed by atoms with E-state index in [0.717, 1.165) is 18.2 Å². The first kappa shape index (κ1) is 13.4. The number of hydrogen-bond acceptors (Lipinski definition) is 2. The molecule has 1 unspecified atom stereocenters. The minimum atomic E-state index is -1.13. The van der Waals surface area contributed by atoms with Crippen LogP contribution in [-0.4, -0.2) is 11.7 Å². The van der Waals surface area contributed by atoms with Crippen LogP contribution < -0.4 is 4.74 Å². The lowest BCUT2D eigenvalue weighted by Gasteiger charge is -2.13. The molecular weight excluding hydrogens is 257 g/mol. The summed E-state index contributed by atoms with van der Waals surface area (Å²) in [4.78, 5) is 0. The van der Waals surface area contributed by atoms with Gasteiger partial charge in [0, 0.05) is 6.07 Å². The first-order chi connectivity index (χ1) is 9.06. The minimum absolute atomic E-state index is 0.186. The van der Waals surface area contributed by atoms with E-state index in [1.54, 1.807) is 0 Å². The molecule has 2 nitrogen and oxygen atoms in total. The van der Waals surface area contributed by atoms with Crippen molar-refractivity contribution in [3.63, 3.8) is 0 Å². The van der Waals surface area contributed by atoms with E-state index in [0.29, 0.717) is 0 Å². The summed E-state index contributed by atoms with van der Waals surface area (Å²) in [5.74, 6) is -2.23. The summed E-state index contributed by atoms with van der Waals surface area (Å²) in [6.07, 6.45) is -1.13. The van der Waals surface area contributed by atoms with E-state index < -0.39 is 23.6 Å². The van der Waals surface area contributed by atoms with Gasteiger partial charge in [0.05, 0.1) is 0 Å². The van der Waals surface area contributed by atoms with Crippen molar-refractivity contribution in [1.29, 1.82) is 0 Å². The van der Waals surface area contributed by atoms with Crippen molar-refractivity contribution in [3.05, 3.63) is 65.5 Å². The summed E-state index contributed by atoms with van der Waals surface area (Å²) in [6, 6.07) is 8.51. The molecule has 0 aliphatic heterocycles. The fourth-order valence-corrected chi connectivity index (χ4v) is 1.55. The van der Waals surface area contributed by atoms with Crippen LogP contribution in [0.5, 0.6) is 5.75 Å². The van der Waals surface area contributed by atoms with Crippen LogP contribution >= 0.6 is 0 Å². The Morgan fingerprint density at radius 1 is 1.00 bits per heavy atom. The molecule has 19 heavy (non-hydrogen) atoms. The third-order valence-electron chi connectivity index (χ3n) is 2.53. The molecule has 2 rings (SSSR count). The first-order valence-corrected chi connectivity index (χ1v) is 5.57. The topological polar surface area (TPSA) is 29.5 Å². The molecule has 5 heteroatoms. The normalized spacial score (nSPS) is 12.2. The fourth-order valence-electron chi connectivity index (χ4n) is 1.55. The molecule has 0 aromatic heterocycles. The average molecular weight is 268 g/mol. The predicted octanol–water partition coefficient (Wildman–Crippen LogP) is 3.22. The molecule has 2 aromatic rings. The maximum atomic E-state index is 13.0. The zero-order valence-electron chi connectivity index (χ0n) is 9.82. The second-order valence-corrected chi connectivity index (χ2v) is 3.96. The van der Waals surface area contributed by atoms with E-state index >= 15 is 0 Å². The minimum Gasteiger partial charge on any atom is -0.490 e. The van der Waals surface area contributed by atoms with Crippen molar-refractivity contribution < 1.29 is 23.0 Å². The lowest BCUT2D eigenvalue weighted by molar-refractivity contribution is 0.107. The zero-order valence-corrected chi connectivity index (χ0v) is 9.82. The van der Waals surface area contributed by atoms with E-state index in [-0.39, 0.29) is 17.9 Å². The van der Waals surface area contributed by atoms with Crippen LogP contribution in [0.25, 0.3) is 0 Å². The highest BCUT2D eigenvalue weighted by Gasteiger charge is 2.11. The van der Waals surface area contributed by atoms with Crippen molar-refractivity contribution in [2.24, 2.45) is 0 Å². The number of hydrogen-bond donors (Lipinski definition) is 1. The molecule has 0 saturated heterocycles. The molecule has 1 N–H and O–H groups in total. The third kappa shape index (κ3) is 3.48. The molecule has 0 aliphatic rings. The Morgan fingerprint density at radius 2 is 1.79 bits per heavy atom. The SMILES string of the molecule is OC(COc1cccc(F)c1)c1ccc(F)c(F)c1. The van der Waals surface area contributed by atoms with Crippen LogP contribution in [0.4, 0.5) is 13.2 Å². The van der Waals surface area contributed by atoms with E-state index in [9.17, 15) is 18.3 Å². The van der Waals surface area contributed by atoms with Crippen molar-refractivity contribution >= 4 is 0 Å². The monoisotopic (exact) mass is 268 g/mol. The Hall–Kier alpha value is -2.01. The molecule has 2 aromatic carbocycles. The molecule has 0 radical (unpaired) electrons. The summed E-state index contributed by atoms with van der Waals surface area (Å²) < 4.78 is 43.8. The molecule has 0 heterocycles. The molecule has 0 saturated carbocycles. The van der Waals surface area contributed by atoms with Crippen molar-refractivity contribution in [2.75, 3.05) is 6.61 Å². The van der Waals surface area contributed by atoms with Gasteiger partial charge in [-0.25, -0.2) is 13.2 Å². The Labute approximate surface area is 108 Å². The summed E-state index contributed by atoms with van der Waals surface area (Å²) >= 11 is 0. The van der Waals surface area contributed by atoms with Crippen molar-refractivity contribution in [3.8, 4) is 5.75 Å². The molecule has 0 aliphatic carbocycles. The van der Waals surface area contributed by atoms with Crippen LogP contribution in [0.3, 0.4) is 0 Å². The lowest BCUT2D eigenvalue weighted by atomic mass is 10.1. The highest BCUT2D eigenvalue weighted by Crippen LogP contribution is 2.19. The smallest absolute Gasteiger partial charge is 0.159 e. The number of aliphatic hydroxyl groups excluding tert-OH is 1. The maximum absolute atomic E-state index is 13.0. The molecule has 0 amide bonds. The highest BCUT2D eigenvalue weighted by atomic mass is 19.2. The lowest BCUT2D eigenvalue weighted by Crippen LogP contribution is -2.10. The predicted molar refractivity (Wildman–Crippen MR) is 63.2 cm³/mol. The van der Waals surface area contributed by atoms with Gasteiger partial charge in [0.1, 0.15) is 24.3 Å². The van der Waals surface area contributed by atoms with Gasteiger partial charge in [0.15, 0.2) is 11.6 Å². The number of ether oxygens (including phenoxy) is 1.